The molecule has 2 heterocycles. The van der Waals surface area contributed by atoms with Crippen LogP contribution < -0.4 is 10.6 Å². The van der Waals surface area contributed by atoms with Gasteiger partial charge in [-0.05, 0) is 36.8 Å². The number of nitrogens with zero attached hydrogens (tertiary/aromatic N) is 1. The largest absolute Gasteiger partial charge is 0.313 e. The summed E-state index contributed by atoms with van der Waals surface area (Å²) in [6.07, 6.45) is 3.32. The molecule has 0 radical (unpaired) electrons. The predicted molar refractivity (Wildman–Crippen MR) is 63.8 cm³/mol. The zero-order valence-corrected chi connectivity index (χ0v) is 9.53. The van der Waals surface area contributed by atoms with Gasteiger partial charge in [-0.3, -0.25) is 4.98 Å². The van der Waals surface area contributed by atoms with E-state index in [4.69, 9.17) is 0 Å². The highest BCUT2D eigenvalue weighted by molar-refractivity contribution is 7.27. The summed E-state index contributed by atoms with van der Waals surface area (Å²) in [4.78, 5) is 4.58. The van der Waals surface area contributed by atoms with E-state index in [0.29, 0.717) is 0 Å². The highest BCUT2D eigenvalue weighted by Crippen LogP contribution is 2.17. The first-order valence-corrected chi connectivity index (χ1v) is 5.48. The van der Waals surface area contributed by atoms with E-state index >= 15 is 0 Å². The maximum atomic E-state index is 4.58. The van der Waals surface area contributed by atoms with Crippen LogP contribution in [0, 0.1) is 6.92 Å². The van der Waals surface area contributed by atoms with Crippen LogP contribution in [0.5, 0.6) is 0 Å². The van der Waals surface area contributed by atoms with Gasteiger partial charge in [-0.1, -0.05) is 12.1 Å². The first kappa shape index (κ1) is 9.82. The van der Waals surface area contributed by atoms with E-state index in [1.54, 1.807) is 0 Å². The average molecular weight is 206 g/mol. The van der Waals surface area contributed by atoms with Crippen LogP contribution in [0.3, 0.4) is 0 Å². The predicted octanol–water partition coefficient (Wildman–Crippen LogP) is 1.27. The molecule has 3 heteroatoms. The minimum absolute atomic E-state index is 0.971. The summed E-state index contributed by atoms with van der Waals surface area (Å²) in [5.74, 6) is 0. The summed E-state index contributed by atoms with van der Waals surface area (Å²) in [5, 5.41) is 4.49. The summed E-state index contributed by atoms with van der Waals surface area (Å²) in [7, 11) is 2.70. The molecule has 0 spiro atoms. The topological polar surface area (TPSA) is 24.9 Å². The van der Waals surface area contributed by atoms with Gasteiger partial charge < -0.3 is 5.32 Å². The molecule has 2 rings (SSSR count). The minimum atomic E-state index is 0.971. The van der Waals surface area contributed by atoms with Crippen LogP contribution in [0.2, 0.25) is 0 Å². The van der Waals surface area contributed by atoms with Crippen molar-refractivity contribution < 1.29 is 0 Å². The van der Waals surface area contributed by atoms with Crippen LogP contribution in [-0.4, -0.2) is 18.1 Å². The number of hydrogen-bond donors (Lipinski definition) is 1. The SMILES string of the molecule is Cc1nc(C2=CCNCC2)ccc1P. The van der Waals surface area contributed by atoms with Crippen molar-refractivity contribution in [2.75, 3.05) is 13.1 Å². The number of aryl methyl sites for hydroxylation is 1. The summed E-state index contributed by atoms with van der Waals surface area (Å²) in [6.45, 7) is 4.08. The Hall–Kier alpha value is -0.720. The molecule has 14 heavy (non-hydrogen) atoms. The molecule has 1 atom stereocenters. The van der Waals surface area contributed by atoms with Crippen molar-refractivity contribution in [3.8, 4) is 0 Å². The molecular formula is C11H15N2P. The van der Waals surface area contributed by atoms with E-state index in [1.165, 1.54) is 10.9 Å². The average Bonchev–Trinajstić information content (AvgIpc) is 2.23. The number of nitrogens with one attached hydrogen (secondary N) is 1. The molecule has 0 bridgehead atoms. The quantitative estimate of drug-likeness (QED) is 0.700. The molecule has 0 saturated heterocycles. The number of hydrogen-bond acceptors (Lipinski definition) is 2. The Labute approximate surface area is 87.0 Å². The maximum absolute atomic E-state index is 4.58. The Morgan fingerprint density at radius 1 is 1.43 bits per heavy atom. The fourth-order valence-electron chi connectivity index (χ4n) is 1.61. The van der Waals surface area contributed by atoms with Gasteiger partial charge >= 0.3 is 0 Å². The Balaban J connectivity index is 2.32. The third-order valence-electron chi connectivity index (χ3n) is 2.52. The second-order valence-corrected chi connectivity index (χ2v) is 4.18. The zero-order chi connectivity index (χ0) is 9.97. The van der Waals surface area contributed by atoms with Gasteiger partial charge in [-0.2, -0.15) is 0 Å². The van der Waals surface area contributed by atoms with E-state index in [1.807, 2.05) is 6.92 Å². The van der Waals surface area contributed by atoms with Crippen molar-refractivity contribution >= 4 is 20.1 Å². The molecule has 0 aromatic carbocycles. The molecule has 1 aromatic heterocycles. The number of aromatic nitrogens is 1. The van der Waals surface area contributed by atoms with Gasteiger partial charge in [-0.25, -0.2) is 0 Å². The van der Waals surface area contributed by atoms with Crippen LogP contribution in [0.25, 0.3) is 5.57 Å². The van der Waals surface area contributed by atoms with Gasteiger partial charge in [0, 0.05) is 12.2 Å². The van der Waals surface area contributed by atoms with Crippen molar-refractivity contribution in [2.45, 2.75) is 13.3 Å². The zero-order valence-electron chi connectivity index (χ0n) is 8.38. The van der Waals surface area contributed by atoms with E-state index in [0.717, 1.165) is 30.9 Å². The lowest BCUT2D eigenvalue weighted by Gasteiger charge is -2.14. The molecule has 0 aliphatic carbocycles. The Bertz CT molecular complexity index is 372. The van der Waals surface area contributed by atoms with Gasteiger partial charge in [0.15, 0.2) is 0 Å². The first-order valence-electron chi connectivity index (χ1n) is 4.90. The van der Waals surface area contributed by atoms with Crippen molar-refractivity contribution in [3.63, 3.8) is 0 Å². The van der Waals surface area contributed by atoms with Crippen molar-refractivity contribution in [1.82, 2.24) is 10.3 Å². The number of pyridine rings is 1. The minimum Gasteiger partial charge on any atom is -0.313 e. The van der Waals surface area contributed by atoms with Gasteiger partial charge in [-0.15, -0.1) is 9.24 Å². The lowest BCUT2D eigenvalue weighted by Crippen LogP contribution is -2.20. The molecule has 1 aliphatic heterocycles. The van der Waals surface area contributed by atoms with Crippen LogP contribution in [0.15, 0.2) is 18.2 Å². The molecule has 0 amide bonds. The van der Waals surface area contributed by atoms with Crippen LogP contribution >= 0.6 is 9.24 Å². The van der Waals surface area contributed by atoms with Gasteiger partial charge in [0.05, 0.1) is 5.69 Å². The summed E-state index contributed by atoms with van der Waals surface area (Å²) >= 11 is 0. The Kier molecular flexibility index (Phi) is 2.95. The monoisotopic (exact) mass is 206 g/mol. The van der Waals surface area contributed by atoms with Gasteiger partial charge in [0.2, 0.25) is 0 Å². The van der Waals surface area contributed by atoms with E-state index in [9.17, 15) is 0 Å². The highest BCUT2D eigenvalue weighted by Gasteiger charge is 2.07. The third kappa shape index (κ3) is 2.02. The summed E-state index contributed by atoms with van der Waals surface area (Å²) < 4.78 is 0. The Morgan fingerprint density at radius 2 is 2.29 bits per heavy atom. The smallest absolute Gasteiger partial charge is 0.0663 e. The van der Waals surface area contributed by atoms with Crippen LogP contribution in [0.4, 0.5) is 0 Å². The fraction of sp³-hybridized carbons (Fsp3) is 0.364. The van der Waals surface area contributed by atoms with Gasteiger partial charge in [0.25, 0.3) is 0 Å². The van der Waals surface area contributed by atoms with Crippen LogP contribution in [0.1, 0.15) is 17.8 Å². The number of rotatable bonds is 1. The molecule has 1 unspecified atom stereocenters. The van der Waals surface area contributed by atoms with E-state index < -0.39 is 0 Å². The fourth-order valence-corrected chi connectivity index (χ4v) is 1.77. The van der Waals surface area contributed by atoms with Crippen LogP contribution in [-0.2, 0) is 0 Å². The normalized spacial score (nSPS) is 16.6. The molecular weight excluding hydrogens is 191 g/mol. The lowest BCUT2D eigenvalue weighted by atomic mass is 10.1. The summed E-state index contributed by atoms with van der Waals surface area (Å²) in [5.41, 5.74) is 3.61. The molecule has 0 saturated carbocycles. The standard InChI is InChI=1S/C11H15N2P/c1-8-11(14)3-2-10(13-8)9-4-6-12-7-5-9/h2-4,12H,5-7,14H2,1H3. The van der Waals surface area contributed by atoms with Crippen molar-refractivity contribution in [1.29, 1.82) is 0 Å². The second kappa shape index (κ2) is 4.20. The highest BCUT2D eigenvalue weighted by atomic mass is 31.0. The first-order chi connectivity index (χ1) is 6.77. The van der Waals surface area contributed by atoms with Crippen molar-refractivity contribution in [2.24, 2.45) is 0 Å². The molecule has 1 aliphatic rings. The third-order valence-corrected chi connectivity index (χ3v) is 3.13. The Morgan fingerprint density at radius 3 is 2.93 bits per heavy atom. The van der Waals surface area contributed by atoms with Crippen molar-refractivity contribution in [3.05, 3.63) is 29.6 Å². The second-order valence-electron chi connectivity index (χ2n) is 3.55. The lowest BCUT2D eigenvalue weighted by molar-refractivity contribution is 0.736. The molecule has 1 aromatic rings. The molecule has 0 fully saturated rings. The summed E-state index contributed by atoms with van der Waals surface area (Å²) in [6, 6.07) is 4.22. The van der Waals surface area contributed by atoms with Gasteiger partial charge in [0.1, 0.15) is 0 Å². The molecule has 74 valence electrons. The molecule has 1 N–H and O–H groups in total. The maximum Gasteiger partial charge on any atom is 0.0663 e. The molecule has 2 nitrogen and oxygen atoms in total. The van der Waals surface area contributed by atoms with E-state index in [-0.39, 0.29) is 0 Å². The van der Waals surface area contributed by atoms with E-state index in [2.05, 4.69) is 37.7 Å².